The van der Waals surface area contributed by atoms with E-state index in [0.717, 1.165) is 23.0 Å². The lowest BCUT2D eigenvalue weighted by Gasteiger charge is -2.30. The Labute approximate surface area is 167 Å². The second-order valence-electron chi connectivity index (χ2n) is 6.83. The third kappa shape index (κ3) is 3.25. The maximum Gasteiger partial charge on any atom is 0.433 e. The van der Waals surface area contributed by atoms with Gasteiger partial charge < -0.3 is 10.6 Å². The molecular formula is C20H16F3N3O2S. The lowest BCUT2D eigenvalue weighted by Crippen LogP contribution is -2.36. The minimum atomic E-state index is -4.55. The molecule has 1 aliphatic heterocycles. The summed E-state index contributed by atoms with van der Waals surface area (Å²) in [5.41, 5.74) is 6.77. The average Bonchev–Trinajstić information content (AvgIpc) is 3.01. The zero-order valence-corrected chi connectivity index (χ0v) is 16.2. The summed E-state index contributed by atoms with van der Waals surface area (Å²) >= 11 is 0.947. The summed E-state index contributed by atoms with van der Waals surface area (Å²) in [4.78, 5) is 30.8. The number of hydrogen-bond donors (Lipinski definition) is 1. The first kappa shape index (κ1) is 19.4. The SMILES string of the molecule is Cc1c(C(=O)N2CCCc3c(C(N)=O)cccc32)sc2nc(C(F)(F)F)ccc12. The lowest BCUT2D eigenvalue weighted by molar-refractivity contribution is -0.140. The Balaban J connectivity index is 1.78. The maximum absolute atomic E-state index is 13.3. The Morgan fingerprint density at radius 3 is 2.66 bits per heavy atom. The van der Waals surface area contributed by atoms with Gasteiger partial charge in [0.05, 0.1) is 4.88 Å². The highest BCUT2D eigenvalue weighted by Crippen LogP contribution is 2.37. The highest BCUT2D eigenvalue weighted by molar-refractivity contribution is 7.20. The minimum Gasteiger partial charge on any atom is -0.366 e. The number of primary amides is 1. The topological polar surface area (TPSA) is 76.3 Å². The molecule has 0 bridgehead atoms. The van der Waals surface area contributed by atoms with Crippen LogP contribution in [0.1, 0.15) is 43.3 Å². The van der Waals surface area contributed by atoms with Crippen LogP contribution in [0.15, 0.2) is 30.3 Å². The molecule has 2 amide bonds. The predicted molar refractivity (Wildman–Crippen MR) is 104 cm³/mol. The van der Waals surface area contributed by atoms with Crippen LogP contribution in [0.3, 0.4) is 0 Å². The van der Waals surface area contributed by atoms with E-state index in [1.807, 2.05) is 0 Å². The summed E-state index contributed by atoms with van der Waals surface area (Å²) < 4.78 is 38.9. The van der Waals surface area contributed by atoms with E-state index in [0.29, 0.717) is 46.5 Å². The number of nitrogens with two attached hydrogens (primary N) is 1. The number of fused-ring (bicyclic) bond motifs is 2. The number of thiophene rings is 1. The molecule has 3 heterocycles. The molecular weight excluding hydrogens is 403 g/mol. The number of aryl methyl sites for hydroxylation is 1. The van der Waals surface area contributed by atoms with Crippen LogP contribution in [0.5, 0.6) is 0 Å². The van der Waals surface area contributed by atoms with Gasteiger partial charge in [-0.1, -0.05) is 6.07 Å². The molecule has 4 rings (SSSR count). The number of rotatable bonds is 2. The van der Waals surface area contributed by atoms with Crippen molar-refractivity contribution in [3.05, 3.63) is 57.6 Å². The first-order chi connectivity index (χ1) is 13.7. The number of anilines is 1. The highest BCUT2D eigenvalue weighted by Gasteiger charge is 2.34. The van der Waals surface area contributed by atoms with Crippen molar-refractivity contribution in [3.63, 3.8) is 0 Å². The van der Waals surface area contributed by atoms with E-state index in [1.54, 1.807) is 30.0 Å². The van der Waals surface area contributed by atoms with Crippen LogP contribution in [0.25, 0.3) is 10.2 Å². The van der Waals surface area contributed by atoms with E-state index in [-0.39, 0.29) is 10.7 Å². The molecule has 0 saturated carbocycles. The maximum atomic E-state index is 13.3. The molecule has 0 fully saturated rings. The number of halogens is 3. The van der Waals surface area contributed by atoms with E-state index < -0.39 is 17.8 Å². The monoisotopic (exact) mass is 419 g/mol. The van der Waals surface area contributed by atoms with Gasteiger partial charge >= 0.3 is 6.18 Å². The number of benzene rings is 1. The predicted octanol–water partition coefficient (Wildman–Crippen LogP) is 4.32. The first-order valence-corrected chi connectivity index (χ1v) is 9.71. The van der Waals surface area contributed by atoms with Gasteiger partial charge in [0.1, 0.15) is 10.5 Å². The van der Waals surface area contributed by atoms with Crippen LogP contribution in [0.4, 0.5) is 18.9 Å². The van der Waals surface area contributed by atoms with Crippen LogP contribution < -0.4 is 10.6 Å². The summed E-state index contributed by atoms with van der Waals surface area (Å²) in [5, 5.41) is 0.523. The van der Waals surface area contributed by atoms with Crippen molar-refractivity contribution in [2.75, 3.05) is 11.4 Å². The van der Waals surface area contributed by atoms with Gasteiger partial charge in [0.15, 0.2) is 0 Å². The molecule has 2 aromatic heterocycles. The van der Waals surface area contributed by atoms with E-state index >= 15 is 0 Å². The molecule has 0 unspecified atom stereocenters. The molecule has 1 aliphatic rings. The second kappa shape index (κ2) is 6.84. The summed E-state index contributed by atoms with van der Waals surface area (Å²) in [7, 11) is 0. The number of amides is 2. The summed E-state index contributed by atoms with van der Waals surface area (Å²) in [6, 6.07) is 7.32. The molecule has 9 heteroatoms. The lowest BCUT2D eigenvalue weighted by atomic mass is 9.95. The zero-order chi connectivity index (χ0) is 20.9. The Morgan fingerprint density at radius 1 is 1.21 bits per heavy atom. The average molecular weight is 419 g/mol. The molecule has 29 heavy (non-hydrogen) atoms. The van der Waals surface area contributed by atoms with E-state index in [1.165, 1.54) is 6.07 Å². The van der Waals surface area contributed by atoms with Gasteiger partial charge in [-0.3, -0.25) is 9.59 Å². The molecule has 0 radical (unpaired) electrons. The molecule has 2 N–H and O–H groups in total. The normalized spacial score (nSPS) is 14.1. The third-order valence-electron chi connectivity index (χ3n) is 5.05. The van der Waals surface area contributed by atoms with E-state index in [4.69, 9.17) is 5.73 Å². The molecule has 5 nitrogen and oxygen atoms in total. The van der Waals surface area contributed by atoms with Gasteiger partial charge in [0.25, 0.3) is 5.91 Å². The fraction of sp³-hybridized carbons (Fsp3) is 0.250. The Bertz CT molecular complexity index is 1150. The van der Waals surface area contributed by atoms with Crippen molar-refractivity contribution in [1.82, 2.24) is 4.98 Å². The van der Waals surface area contributed by atoms with Gasteiger partial charge in [-0.25, -0.2) is 4.98 Å². The van der Waals surface area contributed by atoms with Crippen LogP contribution in [-0.2, 0) is 12.6 Å². The van der Waals surface area contributed by atoms with Crippen molar-refractivity contribution in [2.24, 2.45) is 5.73 Å². The van der Waals surface area contributed by atoms with Crippen molar-refractivity contribution < 1.29 is 22.8 Å². The Kier molecular flexibility index (Phi) is 4.57. The molecule has 0 spiro atoms. The summed E-state index contributed by atoms with van der Waals surface area (Å²) in [6.45, 7) is 2.15. The molecule has 0 saturated heterocycles. The van der Waals surface area contributed by atoms with Gasteiger partial charge in [0, 0.05) is 23.2 Å². The second-order valence-corrected chi connectivity index (χ2v) is 7.83. The number of hydrogen-bond acceptors (Lipinski definition) is 4. The number of aromatic nitrogens is 1. The molecule has 0 atom stereocenters. The zero-order valence-electron chi connectivity index (χ0n) is 15.3. The van der Waals surface area contributed by atoms with Gasteiger partial charge in [-0.2, -0.15) is 13.2 Å². The van der Waals surface area contributed by atoms with Crippen molar-refractivity contribution >= 4 is 39.1 Å². The van der Waals surface area contributed by atoms with Crippen molar-refractivity contribution in [1.29, 1.82) is 0 Å². The van der Waals surface area contributed by atoms with Gasteiger partial charge in [-0.05, 0) is 55.2 Å². The molecule has 1 aromatic carbocycles. The third-order valence-corrected chi connectivity index (χ3v) is 6.24. The minimum absolute atomic E-state index is 0.170. The van der Waals surface area contributed by atoms with Gasteiger partial charge in [-0.15, -0.1) is 11.3 Å². The van der Waals surface area contributed by atoms with Crippen LogP contribution in [0, 0.1) is 6.92 Å². The van der Waals surface area contributed by atoms with E-state index in [9.17, 15) is 22.8 Å². The summed E-state index contributed by atoms with van der Waals surface area (Å²) in [5.74, 6) is -0.875. The van der Waals surface area contributed by atoms with Crippen molar-refractivity contribution in [2.45, 2.75) is 25.9 Å². The van der Waals surface area contributed by atoms with E-state index in [2.05, 4.69) is 4.98 Å². The number of alkyl halides is 3. The molecule has 150 valence electrons. The number of nitrogens with zero attached hydrogens (tertiary/aromatic N) is 2. The van der Waals surface area contributed by atoms with Gasteiger partial charge in [0.2, 0.25) is 5.91 Å². The molecule has 3 aromatic rings. The molecule has 0 aliphatic carbocycles. The fourth-order valence-electron chi connectivity index (χ4n) is 3.65. The Hall–Kier alpha value is -2.94. The number of carbonyl (C=O) groups excluding carboxylic acids is 2. The quantitative estimate of drug-likeness (QED) is 0.672. The largest absolute Gasteiger partial charge is 0.433 e. The van der Waals surface area contributed by atoms with Crippen LogP contribution >= 0.6 is 11.3 Å². The van der Waals surface area contributed by atoms with Crippen molar-refractivity contribution in [3.8, 4) is 0 Å². The summed E-state index contributed by atoms with van der Waals surface area (Å²) in [6.07, 6.45) is -3.27. The number of carbonyl (C=O) groups is 2. The first-order valence-electron chi connectivity index (χ1n) is 8.89. The standard InChI is InChI=1S/C20H16F3N3O2S/c1-10-11-7-8-15(20(21,22)23)25-18(11)29-16(10)19(28)26-9-3-5-12-13(17(24)27)4-2-6-14(12)26/h2,4,6-8H,3,5,9H2,1H3,(H2,24,27). The van der Waals surface area contributed by atoms with Crippen LogP contribution in [-0.4, -0.2) is 23.3 Å². The van der Waals surface area contributed by atoms with Crippen LogP contribution in [0.2, 0.25) is 0 Å². The number of pyridine rings is 1. The fourth-order valence-corrected chi connectivity index (χ4v) is 4.78. The Morgan fingerprint density at radius 2 is 1.97 bits per heavy atom. The highest BCUT2D eigenvalue weighted by atomic mass is 32.1. The smallest absolute Gasteiger partial charge is 0.366 e.